The Morgan fingerprint density at radius 3 is 2.88 bits per heavy atom. The highest BCUT2D eigenvalue weighted by Gasteiger charge is 1.99. The molecule has 4 heteroatoms. The summed E-state index contributed by atoms with van der Waals surface area (Å²) in [5.74, 6) is 0.890. The normalized spacial score (nSPS) is 10.2. The predicted molar refractivity (Wildman–Crippen MR) is 74.3 cm³/mol. The summed E-state index contributed by atoms with van der Waals surface area (Å²) >= 11 is 7.47. The van der Waals surface area contributed by atoms with Gasteiger partial charge >= 0.3 is 0 Å². The number of rotatable bonds is 5. The first-order valence-electron chi connectivity index (χ1n) is 5.49. The van der Waals surface area contributed by atoms with Gasteiger partial charge in [0.15, 0.2) is 0 Å². The Hall–Kier alpha value is -1.19. The summed E-state index contributed by atoms with van der Waals surface area (Å²) in [6.07, 6.45) is 0. The summed E-state index contributed by atoms with van der Waals surface area (Å²) in [7, 11) is 0. The van der Waals surface area contributed by atoms with E-state index in [2.05, 4.69) is 5.32 Å². The Morgan fingerprint density at radius 1 is 1.29 bits per heavy atom. The van der Waals surface area contributed by atoms with Gasteiger partial charge in [0.2, 0.25) is 0 Å². The lowest BCUT2D eigenvalue weighted by molar-refractivity contribution is 0.340. The quantitative estimate of drug-likeness (QED) is 0.866. The molecule has 0 aliphatic carbocycles. The third kappa shape index (κ3) is 3.65. The van der Waals surface area contributed by atoms with Gasteiger partial charge in [0.1, 0.15) is 5.75 Å². The lowest BCUT2D eigenvalue weighted by atomic mass is 10.3. The summed E-state index contributed by atoms with van der Waals surface area (Å²) < 4.78 is 6.27. The van der Waals surface area contributed by atoms with Crippen LogP contribution in [0.5, 0.6) is 5.75 Å². The first-order chi connectivity index (χ1) is 8.28. The smallest absolute Gasteiger partial charge is 0.121 e. The van der Waals surface area contributed by atoms with Crippen LogP contribution in [-0.4, -0.2) is 6.61 Å². The van der Waals surface area contributed by atoms with Crippen LogP contribution < -0.4 is 10.1 Å². The molecule has 2 nitrogen and oxygen atoms in total. The molecule has 0 aliphatic heterocycles. The van der Waals surface area contributed by atoms with Gasteiger partial charge in [-0.2, -0.15) is 0 Å². The molecular formula is C13H14ClNOS. The van der Waals surface area contributed by atoms with E-state index in [1.54, 1.807) is 11.3 Å². The van der Waals surface area contributed by atoms with Crippen molar-refractivity contribution in [1.82, 2.24) is 0 Å². The third-order valence-electron chi connectivity index (χ3n) is 2.24. The molecule has 2 aromatic rings. The predicted octanol–water partition coefficient (Wildman–Crippen LogP) is 4.41. The fraction of sp³-hybridized carbons (Fsp3) is 0.231. The van der Waals surface area contributed by atoms with Crippen molar-refractivity contribution in [2.45, 2.75) is 13.5 Å². The lowest BCUT2D eigenvalue weighted by Gasteiger charge is -2.07. The molecule has 0 atom stereocenters. The van der Waals surface area contributed by atoms with Crippen molar-refractivity contribution >= 4 is 28.6 Å². The monoisotopic (exact) mass is 267 g/mol. The fourth-order valence-corrected chi connectivity index (χ4v) is 2.53. The molecule has 0 spiro atoms. The van der Waals surface area contributed by atoms with Crippen LogP contribution in [0.4, 0.5) is 5.69 Å². The van der Waals surface area contributed by atoms with Crippen LogP contribution in [0.2, 0.25) is 4.34 Å². The van der Waals surface area contributed by atoms with Crippen molar-refractivity contribution in [2.24, 2.45) is 0 Å². The molecule has 0 radical (unpaired) electrons. The van der Waals surface area contributed by atoms with Gasteiger partial charge in [-0.25, -0.2) is 0 Å². The van der Waals surface area contributed by atoms with Crippen LogP contribution in [0.3, 0.4) is 0 Å². The minimum atomic E-state index is 0.685. The molecular weight excluding hydrogens is 254 g/mol. The number of nitrogens with one attached hydrogen (secondary N) is 1. The number of hydrogen-bond acceptors (Lipinski definition) is 3. The second-order valence-electron chi connectivity index (χ2n) is 3.52. The van der Waals surface area contributed by atoms with Gasteiger partial charge in [-0.3, -0.25) is 0 Å². The average Bonchev–Trinajstić information content (AvgIpc) is 2.74. The minimum Gasteiger partial charge on any atom is -0.494 e. The lowest BCUT2D eigenvalue weighted by Crippen LogP contribution is -1.98. The van der Waals surface area contributed by atoms with E-state index in [4.69, 9.17) is 16.3 Å². The molecule has 90 valence electrons. The summed E-state index contributed by atoms with van der Waals surface area (Å²) in [6.45, 7) is 3.45. The first-order valence-corrected chi connectivity index (χ1v) is 6.68. The number of benzene rings is 1. The van der Waals surface area contributed by atoms with Gasteiger partial charge < -0.3 is 10.1 Å². The van der Waals surface area contributed by atoms with E-state index in [9.17, 15) is 0 Å². The molecule has 0 aliphatic rings. The maximum absolute atomic E-state index is 5.88. The molecule has 1 N–H and O–H groups in total. The fourth-order valence-electron chi connectivity index (χ4n) is 1.50. The average molecular weight is 268 g/mol. The molecule has 0 fully saturated rings. The van der Waals surface area contributed by atoms with Crippen molar-refractivity contribution in [3.05, 3.63) is 45.6 Å². The van der Waals surface area contributed by atoms with Gasteiger partial charge in [0.05, 0.1) is 10.9 Å². The maximum atomic E-state index is 5.88. The largest absolute Gasteiger partial charge is 0.494 e. The Bertz CT molecular complexity index is 484. The van der Waals surface area contributed by atoms with Crippen LogP contribution in [-0.2, 0) is 6.54 Å². The molecule has 0 saturated carbocycles. The minimum absolute atomic E-state index is 0.685. The number of ether oxygens (including phenoxy) is 1. The Balaban J connectivity index is 1.96. The van der Waals surface area contributed by atoms with Crippen molar-refractivity contribution in [2.75, 3.05) is 11.9 Å². The zero-order chi connectivity index (χ0) is 12.1. The van der Waals surface area contributed by atoms with Crippen molar-refractivity contribution in [3.8, 4) is 5.75 Å². The van der Waals surface area contributed by atoms with E-state index < -0.39 is 0 Å². The SMILES string of the molecule is CCOc1cccc(NCc2ccc(Cl)s2)c1. The van der Waals surface area contributed by atoms with Gasteiger partial charge in [0, 0.05) is 23.2 Å². The number of hydrogen-bond donors (Lipinski definition) is 1. The Kier molecular flexibility index (Phi) is 4.29. The third-order valence-corrected chi connectivity index (χ3v) is 3.47. The highest BCUT2D eigenvalue weighted by Crippen LogP contribution is 2.23. The van der Waals surface area contributed by atoms with Crippen LogP contribution in [0.25, 0.3) is 0 Å². The summed E-state index contributed by atoms with van der Waals surface area (Å²) in [6, 6.07) is 11.9. The van der Waals surface area contributed by atoms with E-state index in [0.29, 0.717) is 6.61 Å². The number of halogens is 1. The van der Waals surface area contributed by atoms with Crippen molar-refractivity contribution < 1.29 is 4.74 Å². The topological polar surface area (TPSA) is 21.3 Å². The molecule has 0 bridgehead atoms. The van der Waals surface area contributed by atoms with Gasteiger partial charge in [-0.15, -0.1) is 11.3 Å². The van der Waals surface area contributed by atoms with E-state index in [1.807, 2.05) is 43.3 Å². The van der Waals surface area contributed by atoms with Gasteiger partial charge in [-0.1, -0.05) is 17.7 Å². The number of anilines is 1. The summed E-state index contributed by atoms with van der Waals surface area (Å²) in [5, 5.41) is 3.34. The molecule has 1 heterocycles. The van der Waals surface area contributed by atoms with Crippen LogP contribution in [0, 0.1) is 0 Å². The zero-order valence-electron chi connectivity index (χ0n) is 9.57. The summed E-state index contributed by atoms with van der Waals surface area (Å²) in [4.78, 5) is 1.22. The second kappa shape index (κ2) is 5.94. The van der Waals surface area contributed by atoms with Crippen molar-refractivity contribution in [3.63, 3.8) is 0 Å². The molecule has 1 aromatic heterocycles. The first kappa shape index (κ1) is 12.3. The molecule has 0 unspecified atom stereocenters. The van der Waals surface area contributed by atoms with E-state index in [1.165, 1.54) is 4.88 Å². The van der Waals surface area contributed by atoms with Crippen LogP contribution >= 0.6 is 22.9 Å². The highest BCUT2D eigenvalue weighted by atomic mass is 35.5. The van der Waals surface area contributed by atoms with Crippen LogP contribution in [0.15, 0.2) is 36.4 Å². The Morgan fingerprint density at radius 2 is 2.18 bits per heavy atom. The molecule has 17 heavy (non-hydrogen) atoms. The summed E-state index contributed by atoms with van der Waals surface area (Å²) in [5.41, 5.74) is 1.06. The molecule has 2 rings (SSSR count). The maximum Gasteiger partial charge on any atom is 0.121 e. The number of thiophene rings is 1. The second-order valence-corrected chi connectivity index (χ2v) is 5.32. The van der Waals surface area contributed by atoms with Crippen molar-refractivity contribution in [1.29, 1.82) is 0 Å². The van der Waals surface area contributed by atoms with E-state index >= 15 is 0 Å². The van der Waals surface area contributed by atoms with Gasteiger partial charge in [0.25, 0.3) is 0 Å². The molecule has 0 amide bonds. The van der Waals surface area contributed by atoms with Gasteiger partial charge in [-0.05, 0) is 31.2 Å². The van der Waals surface area contributed by atoms with E-state index in [-0.39, 0.29) is 0 Å². The standard InChI is InChI=1S/C13H14ClNOS/c1-2-16-11-5-3-4-10(8-11)15-9-12-6-7-13(14)17-12/h3-8,15H,2,9H2,1H3. The highest BCUT2D eigenvalue weighted by molar-refractivity contribution is 7.16. The van der Waals surface area contributed by atoms with E-state index in [0.717, 1.165) is 22.3 Å². The Labute approximate surface area is 110 Å². The zero-order valence-corrected chi connectivity index (χ0v) is 11.1. The molecule has 0 saturated heterocycles. The van der Waals surface area contributed by atoms with Crippen LogP contribution in [0.1, 0.15) is 11.8 Å². The molecule has 1 aromatic carbocycles.